The normalized spacial score (nSPS) is 11.5. The van der Waals surface area contributed by atoms with Crippen LogP contribution in [0.15, 0.2) is 12.3 Å². The standard InChI is InChI=1S/C10H15IN2O2/c1-4-15-9(14)7-10(2,3)13-6-5-8(11)12-13/h5-6H,4,7H2,1-3H3. The van der Waals surface area contributed by atoms with Crippen LogP contribution in [-0.4, -0.2) is 22.4 Å². The molecule has 1 aromatic heterocycles. The van der Waals surface area contributed by atoms with Gasteiger partial charge in [-0.05, 0) is 49.4 Å². The molecule has 0 atom stereocenters. The van der Waals surface area contributed by atoms with Crippen LogP contribution >= 0.6 is 22.6 Å². The predicted molar refractivity (Wildman–Crippen MR) is 65.5 cm³/mol. The molecule has 84 valence electrons. The Kier molecular flexibility index (Phi) is 4.12. The van der Waals surface area contributed by atoms with Crippen LogP contribution in [0.25, 0.3) is 0 Å². The van der Waals surface area contributed by atoms with E-state index in [1.807, 2.05) is 33.0 Å². The van der Waals surface area contributed by atoms with Gasteiger partial charge in [0.2, 0.25) is 0 Å². The zero-order chi connectivity index (χ0) is 11.5. The molecule has 1 rings (SSSR count). The molecule has 0 saturated carbocycles. The number of rotatable bonds is 4. The number of ether oxygens (including phenoxy) is 1. The fourth-order valence-electron chi connectivity index (χ4n) is 1.29. The molecule has 5 heteroatoms. The molecule has 0 unspecified atom stereocenters. The highest BCUT2D eigenvalue weighted by molar-refractivity contribution is 14.1. The Morgan fingerprint density at radius 1 is 1.67 bits per heavy atom. The van der Waals surface area contributed by atoms with Gasteiger partial charge < -0.3 is 4.74 Å². The lowest BCUT2D eigenvalue weighted by atomic mass is 10.0. The summed E-state index contributed by atoms with van der Waals surface area (Å²) in [6, 6.07) is 1.91. The van der Waals surface area contributed by atoms with E-state index >= 15 is 0 Å². The van der Waals surface area contributed by atoms with Crippen LogP contribution in [0.3, 0.4) is 0 Å². The minimum Gasteiger partial charge on any atom is -0.466 e. The number of nitrogens with zero attached hydrogens (tertiary/aromatic N) is 2. The van der Waals surface area contributed by atoms with Crippen molar-refractivity contribution in [3.05, 3.63) is 16.0 Å². The van der Waals surface area contributed by atoms with Crippen molar-refractivity contribution < 1.29 is 9.53 Å². The Morgan fingerprint density at radius 3 is 2.80 bits per heavy atom. The summed E-state index contributed by atoms with van der Waals surface area (Å²) < 4.78 is 7.64. The third-order valence-corrected chi connectivity index (χ3v) is 2.63. The van der Waals surface area contributed by atoms with Crippen molar-refractivity contribution in [1.29, 1.82) is 0 Å². The molecule has 0 N–H and O–H groups in total. The van der Waals surface area contributed by atoms with Crippen molar-refractivity contribution in [3.8, 4) is 0 Å². The van der Waals surface area contributed by atoms with E-state index in [4.69, 9.17) is 4.74 Å². The Hall–Kier alpha value is -0.590. The fraction of sp³-hybridized carbons (Fsp3) is 0.600. The lowest BCUT2D eigenvalue weighted by Gasteiger charge is -2.24. The van der Waals surface area contributed by atoms with Crippen molar-refractivity contribution in [2.24, 2.45) is 0 Å². The summed E-state index contributed by atoms with van der Waals surface area (Å²) in [5, 5.41) is 4.29. The average molecular weight is 322 g/mol. The number of carbonyl (C=O) groups excluding carboxylic acids is 1. The number of carbonyl (C=O) groups is 1. The van der Waals surface area contributed by atoms with Gasteiger partial charge in [-0.1, -0.05) is 0 Å². The molecular formula is C10H15IN2O2. The quantitative estimate of drug-likeness (QED) is 0.630. The molecule has 0 aromatic carbocycles. The summed E-state index contributed by atoms with van der Waals surface area (Å²) in [7, 11) is 0. The smallest absolute Gasteiger partial charge is 0.308 e. The second-order valence-electron chi connectivity index (χ2n) is 3.88. The zero-order valence-electron chi connectivity index (χ0n) is 9.16. The number of hydrogen-bond acceptors (Lipinski definition) is 3. The number of hydrogen-bond donors (Lipinski definition) is 0. The first-order valence-corrected chi connectivity index (χ1v) is 5.91. The summed E-state index contributed by atoms with van der Waals surface area (Å²) in [6.45, 7) is 6.16. The number of halogens is 1. The van der Waals surface area contributed by atoms with Crippen molar-refractivity contribution >= 4 is 28.6 Å². The SMILES string of the molecule is CCOC(=O)CC(C)(C)n1ccc(I)n1. The maximum Gasteiger partial charge on any atom is 0.308 e. The van der Waals surface area contributed by atoms with Gasteiger partial charge in [0.25, 0.3) is 0 Å². The summed E-state index contributed by atoms with van der Waals surface area (Å²) in [4.78, 5) is 11.4. The van der Waals surface area contributed by atoms with Crippen molar-refractivity contribution in [2.75, 3.05) is 6.61 Å². The second-order valence-corrected chi connectivity index (χ2v) is 4.98. The Morgan fingerprint density at radius 2 is 2.33 bits per heavy atom. The Balaban J connectivity index is 2.70. The van der Waals surface area contributed by atoms with Crippen LogP contribution in [-0.2, 0) is 15.1 Å². The highest BCUT2D eigenvalue weighted by Crippen LogP contribution is 2.20. The van der Waals surface area contributed by atoms with Gasteiger partial charge in [0, 0.05) is 6.20 Å². The molecular weight excluding hydrogens is 307 g/mol. The van der Waals surface area contributed by atoms with Crippen LogP contribution in [0.2, 0.25) is 0 Å². The zero-order valence-corrected chi connectivity index (χ0v) is 11.3. The van der Waals surface area contributed by atoms with Gasteiger partial charge in [0.05, 0.1) is 18.6 Å². The fourth-order valence-corrected chi connectivity index (χ4v) is 1.68. The first-order valence-electron chi connectivity index (χ1n) is 4.83. The Labute approximate surface area is 103 Å². The van der Waals surface area contributed by atoms with Crippen LogP contribution in [0, 0.1) is 3.70 Å². The lowest BCUT2D eigenvalue weighted by Crippen LogP contribution is -2.30. The molecule has 1 aromatic rings. The third-order valence-electron chi connectivity index (χ3n) is 2.06. The van der Waals surface area contributed by atoms with E-state index in [-0.39, 0.29) is 11.5 Å². The average Bonchev–Trinajstić information content (AvgIpc) is 2.51. The van der Waals surface area contributed by atoms with E-state index in [0.717, 1.165) is 3.70 Å². The molecule has 15 heavy (non-hydrogen) atoms. The van der Waals surface area contributed by atoms with Crippen LogP contribution in [0.1, 0.15) is 27.2 Å². The monoisotopic (exact) mass is 322 g/mol. The van der Waals surface area contributed by atoms with Gasteiger partial charge in [-0.15, -0.1) is 0 Å². The van der Waals surface area contributed by atoms with Gasteiger partial charge in [-0.2, -0.15) is 5.10 Å². The van der Waals surface area contributed by atoms with Gasteiger partial charge in [0.15, 0.2) is 0 Å². The topological polar surface area (TPSA) is 44.1 Å². The van der Waals surface area contributed by atoms with Crippen LogP contribution in [0.4, 0.5) is 0 Å². The van der Waals surface area contributed by atoms with E-state index in [1.54, 1.807) is 4.68 Å². The van der Waals surface area contributed by atoms with Crippen LogP contribution in [0.5, 0.6) is 0 Å². The highest BCUT2D eigenvalue weighted by Gasteiger charge is 2.25. The molecule has 0 fully saturated rings. The van der Waals surface area contributed by atoms with E-state index in [0.29, 0.717) is 13.0 Å². The molecule has 0 radical (unpaired) electrons. The predicted octanol–water partition coefficient (Wildman–Crippen LogP) is 2.18. The first-order chi connectivity index (χ1) is 6.95. The molecule has 0 aliphatic rings. The largest absolute Gasteiger partial charge is 0.466 e. The molecule has 4 nitrogen and oxygen atoms in total. The highest BCUT2D eigenvalue weighted by atomic mass is 127. The molecule has 0 aliphatic heterocycles. The van der Waals surface area contributed by atoms with E-state index < -0.39 is 0 Å². The van der Waals surface area contributed by atoms with E-state index in [2.05, 4.69) is 27.7 Å². The molecule has 0 bridgehead atoms. The van der Waals surface area contributed by atoms with Gasteiger partial charge in [-0.25, -0.2) is 0 Å². The van der Waals surface area contributed by atoms with Crippen LogP contribution < -0.4 is 0 Å². The minimum atomic E-state index is -0.338. The van der Waals surface area contributed by atoms with E-state index in [1.165, 1.54) is 0 Å². The van der Waals surface area contributed by atoms with E-state index in [9.17, 15) is 4.79 Å². The van der Waals surface area contributed by atoms with Crippen molar-refractivity contribution in [2.45, 2.75) is 32.7 Å². The maximum absolute atomic E-state index is 11.4. The summed E-state index contributed by atoms with van der Waals surface area (Å²) in [6.07, 6.45) is 2.21. The maximum atomic E-state index is 11.4. The van der Waals surface area contributed by atoms with Gasteiger partial charge in [-0.3, -0.25) is 9.48 Å². The first kappa shape index (κ1) is 12.5. The summed E-state index contributed by atoms with van der Waals surface area (Å²) in [5.74, 6) is -0.187. The molecule has 0 amide bonds. The Bertz CT molecular complexity index is 347. The molecule has 0 aliphatic carbocycles. The minimum absolute atomic E-state index is 0.187. The van der Waals surface area contributed by atoms with Crippen molar-refractivity contribution in [3.63, 3.8) is 0 Å². The van der Waals surface area contributed by atoms with Crippen molar-refractivity contribution in [1.82, 2.24) is 9.78 Å². The molecule has 1 heterocycles. The van der Waals surface area contributed by atoms with Gasteiger partial charge in [0.1, 0.15) is 3.70 Å². The number of esters is 1. The third kappa shape index (κ3) is 3.48. The molecule has 0 spiro atoms. The second kappa shape index (κ2) is 4.96. The molecule has 0 saturated heterocycles. The number of aromatic nitrogens is 2. The van der Waals surface area contributed by atoms with Gasteiger partial charge >= 0.3 is 5.97 Å². The summed E-state index contributed by atoms with van der Waals surface area (Å²) in [5.41, 5.74) is -0.338. The lowest BCUT2D eigenvalue weighted by molar-refractivity contribution is -0.145. The summed E-state index contributed by atoms with van der Waals surface area (Å²) >= 11 is 2.14.